The number of carbonyl (C=O) groups is 2. The maximum atomic E-state index is 12.4. The Labute approximate surface area is 123 Å². The van der Waals surface area contributed by atoms with Crippen molar-refractivity contribution in [1.29, 1.82) is 5.26 Å². The zero-order valence-corrected chi connectivity index (χ0v) is 12.1. The SMILES string of the molecule is COC(=O)C1CCCN(C(=O)c2ccc(C#N)c(C)n2)C1. The van der Waals surface area contributed by atoms with Gasteiger partial charge in [-0.05, 0) is 31.9 Å². The lowest BCUT2D eigenvalue weighted by atomic mass is 9.98. The van der Waals surface area contributed by atoms with Gasteiger partial charge in [0.15, 0.2) is 0 Å². The van der Waals surface area contributed by atoms with E-state index in [1.165, 1.54) is 7.11 Å². The van der Waals surface area contributed by atoms with Gasteiger partial charge >= 0.3 is 5.97 Å². The topological polar surface area (TPSA) is 83.3 Å². The molecule has 1 aliphatic rings. The van der Waals surface area contributed by atoms with Crippen molar-refractivity contribution in [2.45, 2.75) is 19.8 Å². The van der Waals surface area contributed by atoms with Gasteiger partial charge in [-0.1, -0.05) is 0 Å². The van der Waals surface area contributed by atoms with Gasteiger partial charge in [0.1, 0.15) is 11.8 Å². The van der Waals surface area contributed by atoms with Gasteiger partial charge in [0, 0.05) is 13.1 Å². The van der Waals surface area contributed by atoms with E-state index in [9.17, 15) is 9.59 Å². The van der Waals surface area contributed by atoms with Gasteiger partial charge in [0.2, 0.25) is 0 Å². The first-order valence-corrected chi connectivity index (χ1v) is 6.81. The molecule has 1 unspecified atom stereocenters. The maximum Gasteiger partial charge on any atom is 0.310 e. The second-order valence-electron chi connectivity index (χ2n) is 5.05. The molecule has 1 aromatic rings. The zero-order chi connectivity index (χ0) is 15.4. The number of rotatable bonds is 2. The lowest BCUT2D eigenvalue weighted by Gasteiger charge is -2.31. The summed E-state index contributed by atoms with van der Waals surface area (Å²) in [5.74, 6) is -0.764. The normalized spacial score (nSPS) is 18.0. The number of esters is 1. The Kier molecular flexibility index (Phi) is 4.53. The fourth-order valence-corrected chi connectivity index (χ4v) is 2.48. The highest BCUT2D eigenvalue weighted by atomic mass is 16.5. The fourth-order valence-electron chi connectivity index (χ4n) is 2.48. The summed E-state index contributed by atoms with van der Waals surface area (Å²) in [6.07, 6.45) is 1.50. The van der Waals surface area contributed by atoms with E-state index >= 15 is 0 Å². The summed E-state index contributed by atoms with van der Waals surface area (Å²) in [5, 5.41) is 8.88. The first kappa shape index (κ1) is 15.0. The highest BCUT2D eigenvalue weighted by Crippen LogP contribution is 2.19. The monoisotopic (exact) mass is 287 g/mol. The predicted molar refractivity (Wildman–Crippen MR) is 74.3 cm³/mol. The second-order valence-corrected chi connectivity index (χ2v) is 5.05. The van der Waals surface area contributed by atoms with Gasteiger partial charge in [-0.3, -0.25) is 9.59 Å². The van der Waals surface area contributed by atoms with Crippen molar-refractivity contribution in [2.75, 3.05) is 20.2 Å². The summed E-state index contributed by atoms with van der Waals surface area (Å²) in [6, 6.07) is 5.17. The number of likely N-dealkylation sites (tertiary alicyclic amines) is 1. The number of piperidine rings is 1. The number of nitriles is 1. The van der Waals surface area contributed by atoms with Gasteiger partial charge in [-0.25, -0.2) is 4.98 Å². The van der Waals surface area contributed by atoms with Crippen LogP contribution in [0, 0.1) is 24.2 Å². The summed E-state index contributed by atoms with van der Waals surface area (Å²) < 4.78 is 4.74. The largest absolute Gasteiger partial charge is 0.469 e. The summed E-state index contributed by atoms with van der Waals surface area (Å²) in [4.78, 5) is 29.8. The van der Waals surface area contributed by atoms with E-state index in [2.05, 4.69) is 4.98 Å². The molecule has 0 saturated carbocycles. The summed E-state index contributed by atoms with van der Waals surface area (Å²) in [7, 11) is 1.36. The number of nitrogens with zero attached hydrogens (tertiary/aromatic N) is 3. The Morgan fingerprint density at radius 2 is 2.24 bits per heavy atom. The molecule has 0 aliphatic carbocycles. The minimum Gasteiger partial charge on any atom is -0.469 e. The highest BCUT2D eigenvalue weighted by Gasteiger charge is 2.30. The van der Waals surface area contributed by atoms with Crippen molar-refractivity contribution in [1.82, 2.24) is 9.88 Å². The fraction of sp³-hybridized carbons (Fsp3) is 0.467. The smallest absolute Gasteiger partial charge is 0.310 e. The van der Waals surface area contributed by atoms with E-state index in [-0.39, 0.29) is 17.8 Å². The molecule has 0 radical (unpaired) electrons. The minimum absolute atomic E-state index is 0.212. The molecule has 0 aromatic carbocycles. The Morgan fingerprint density at radius 3 is 2.86 bits per heavy atom. The van der Waals surface area contributed by atoms with Crippen LogP contribution in [0.1, 0.15) is 34.6 Å². The number of hydrogen-bond donors (Lipinski definition) is 0. The predicted octanol–water partition coefficient (Wildman–Crippen LogP) is 1.29. The number of aryl methyl sites for hydroxylation is 1. The summed E-state index contributed by atoms with van der Waals surface area (Å²) in [5.41, 5.74) is 1.29. The van der Waals surface area contributed by atoms with Crippen LogP contribution in [-0.2, 0) is 9.53 Å². The van der Waals surface area contributed by atoms with Crippen LogP contribution in [0.3, 0.4) is 0 Å². The van der Waals surface area contributed by atoms with E-state index in [1.54, 1.807) is 24.0 Å². The first-order chi connectivity index (χ1) is 10.1. The van der Waals surface area contributed by atoms with Crippen LogP contribution in [-0.4, -0.2) is 42.0 Å². The quantitative estimate of drug-likeness (QED) is 0.765. The number of ether oxygens (including phenoxy) is 1. The van der Waals surface area contributed by atoms with E-state index in [4.69, 9.17) is 10.00 Å². The zero-order valence-electron chi connectivity index (χ0n) is 12.1. The molecule has 1 fully saturated rings. The number of methoxy groups -OCH3 is 1. The number of hydrogen-bond acceptors (Lipinski definition) is 5. The first-order valence-electron chi connectivity index (χ1n) is 6.81. The van der Waals surface area contributed by atoms with Crippen molar-refractivity contribution < 1.29 is 14.3 Å². The Hall–Kier alpha value is -2.42. The Balaban J connectivity index is 2.14. The molecule has 2 rings (SSSR count). The van der Waals surface area contributed by atoms with Crippen molar-refractivity contribution >= 4 is 11.9 Å². The van der Waals surface area contributed by atoms with Crippen LogP contribution < -0.4 is 0 Å². The molecule has 6 nitrogen and oxygen atoms in total. The van der Waals surface area contributed by atoms with Gasteiger partial charge in [-0.2, -0.15) is 5.26 Å². The van der Waals surface area contributed by atoms with E-state index in [1.807, 2.05) is 6.07 Å². The standard InChI is InChI=1S/C15H17N3O3/c1-10-11(8-16)5-6-13(17-10)14(19)18-7-3-4-12(9-18)15(20)21-2/h5-6,12H,3-4,7,9H2,1-2H3. The number of aromatic nitrogens is 1. The van der Waals surface area contributed by atoms with Gasteiger partial charge in [0.25, 0.3) is 5.91 Å². The van der Waals surface area contributed by atoms with Gasteiger partial charge < -0.3 is 9.64 Å². The third kappa shape index (κ3) is 3.19. The van der Waals surface area contributed by atoms with Crippen molar-refractivity contribution in [3.05, 3.63) is 29.1 Å². The Morgan fingerprint density at radius 1 is 1.48 bits per heavy atom. The van der Waals surface area contributed by atoms with Gasteiger partial charge in [-0.15, -0.1) is 0 Å². The number of carbonyl (C=O) groups excluding carboxylic acids is 2. The molecule has 0 spiro atoms. The number of pyridine rings is 1. The van der Waals surface area contributed by atoms with E-state index in [0.29, 0.717) is 30.0 Å². The van der Waals surface area contributed by atoms with Crippen molar-refractivity contribution in [3.63, 3.8) is 0 Å². The van der Waals surface area contributed by atoms with Crippen molar-refractivity contribution in [3.8, 4) is 6.07 Å². The molecule has 0 N–H and O–H groups in total. The minimum atomic E-state index is -0.281. The number of amides is 1. The molecule has 110 valence electrons. The van der Waals surface area contributed by atoms with Gasteiger partial charge in [0.05, 0.1) is 24.3 Å². The van der Waals surface area contributed by atoms with Crippen LogP contribution >= 0.6 is 0 Å². The molecule has 1 saturated heterocycles. The maximum absolute atomic E-state index is 12.4. The third-order valence-electron chi connectivity index (χ3n) is 3.67. The molecule has 0 bridgehead atoms. The van der Waals surface area contributed by atoms with E-state index < -0.39 is 0 Å². The molecular formula is C15H17N3O3. The molecule has 1 amide bonds. The van der Waals surface area contributed by atoms with E-state index in [0.717, 1.165) is 12.8 Å². The molecule has 1 aliphatic heterocycles. The molecule has 2 heterocycles. The lowest BCUT2D eigenvalue weighted by Crippen LogP contribution is -2.43. The highest BCUT2D eigenvalue weighted by molar-refractivity contribution is 5.93. The summed E-state index contributed by atoms with van der Waals surface area (Å²) >= 11 is 0. The van der Waals surface area contributed by atoms with Crippen molar-refractivity contribution in [2.24, 2.45) is 5.92 Å². The molecule has 21 heavy (non-hydrogen) atoms. The van der Waals surface area contributed by atoms with Crippen LogP contribution in [0.25, 0.3) is 0 Å². The molecular weight excluding hydrogens is 270 g/mol. The third-order valence-corrected chi connectivity index (χ3v) is 3.67. The molecule has 1 atom stereocenters. The Bertz CT molecular complexity index is 607. The lowest BCUT2D eigenvalue weighted by molar-refractivity contribution is -0.146. The van der Waals surface area contributed by atoms with Crippen LogP contribution in [0.2, 0.25) is 0 Å². The summed E-state index contributed by atoms with van der Waals surface area (Å²) in [6.45, 7) is 2.65. The average Bonchev–Trinajstić information content (AvgIpc) is 2.53. The van der Waals surface area contributed by atoms with Crippen LogP contribution in [0.4, 0.5) is 0 Å². The average molecular weight is 287 g/mol. The molecule has 6 heteroatoms. The second kappa shape index (κ2) is 6.35. The van der Waals surface area contributed by atoms with Crippen LogP contribution in [0.5, 0.6) is 0 Å². The van der Waals surface area contributed by atoms with Crippen LogP contribution in [0.15, 0.2) is 12.1 Å². The molecule has 1 aromatic heterocycles.